The predicted octanol–water partition coefficient (Wildman–Crippen LogP) is 5.41. The summed E-state index contributed by atoms with van der Waals surface area (Å²) in [7, 11) is 4.46. The number of rotatable bonds is 10. The second-order valence-corrected chi connectivity index (χ2v) is 19.1. The number of likely N-dealkylation sites (N-methyl/N-ethyl adjacent to an activating group) is 3. The van der Waals surface area contributed by atoms with Gasteiger partial charge in [-0.3, -0.25) is 33.6 Å². The number of likely N-dealkylation sites (tertiary alicyclic amines) is 1. The Balaban J connectivity index is 1.39. The van der Waals surface area contributed by atoms with Crippen molar-refractivity contribution in [3.8, 4) is 0 Å². The van der Waals surface area contributed by atoms with Crippen molar-refractivity contribution in [3.05, 3.63) is 33.8 Å². The number of hydrogen-bond donors (Lipinski definition) is 3. The van der Waals surface area contributed by atoms with Crippen LogP contribution in [0.15, 0.2) is 18.2 Å². The van der Waals surface area contributed by atoms with E-state index >= 15 is 0 Å². The molecule has 4 aliphatic rings. The number of hydrogen-bond acceptors (Lipinski definition) is 7. The minimum absolute atomic E-state index is 0.0190. The van der Waals surface area contributed by atoms with Crippen LogP contribution in [0.1, 0.15) is 116 Å². The zero-order valence-corrected chi connectivity index (χ0v) is 39.0. The second kappa shape index (κ2) is 21.9. The molecule has 0 unspecified atom stereocenters. The molecule has 7 amide bonds. The number of amides is 7. The van der Waals surface area contributed by atoms with Gasteiger partial charge < -0.3 is 35.6 Å². The molecule has 14 nitrogen and oxygen atoms in total. The van der Waals surface area contributed by atoms with Gasteiger partial charge in [0.2, 0.25) is 41.4 Å². The molecule has 2 saturated heterocycles. The third-order valence-corrected chi connectivity index (χ3v) is 14.5. The number of halogens is 5. The van der Waals surface area contributed by atoms with Crippen LogP contribution in [0, 0.1) is 11.3 Å². The topological polar surface area (TPSA) is 169 Å². The van der Waals surface area contributed by atoms with Crippen LogP contribution in [-0.4, -0.2) is 138 Å². The molecule has 5 rings (SSSR count). The molecular formula is C45H64Cl2F3N7O7. The SMILES string of the molecule is CC[C@H]1NC(=O)[C@H](Cc2cc(Cl)ccc2Cl)N(C)C(=O)[C@H](CC2CCC2)NC(=O)[C@@H](N(C)C(=O)[C@H](C)NC(=O)[C@@H]2CCCN2C(=O)C2(C(F)(F)F)CCCCC2)CCCCN(C)C1=O. The first kappa shape index (κ1) is 50.9. The summed E-state index contributed by atoms with van der Waals surface area (Å²) in [4.78, 5) is 103. The van der Waals surface area contributed by atoms with Crippen molar-refractivity contribution in [2.45, 2.75) is 159 Å². The fourth-order valence-corrected chi connectivity index (χ4v) is 9.98. The van der Waals surface area contributed by atoms with E-state index in [0.29, 0.717) is 41.3 Å². The Labute approximate surface area is 384 Å². The average molecular weight is 943 g/mol. The Hall–Kier alpha value is -4.12. The maximum Gasteiger partial charge on any atom is 0.403 e. The zero-order valence-electron chi connectivity index (χ0n) is 37.5. The minimum atomic E-state index is -4.79. The van der Waals surface area contributed by atoms with Gasteiger partial charge in [0.1, 0.15) is 41.7 Å². The van der Waals surface area contributed by atoms with E-state index in [1.165, 1.54) is 35.7 Å². The summed E-state index contributed by atoms with van der Waals surface area (Å²) in [5.74, 6) is -4.58. The summed E-state index contributed by atoms with van der Waals surface area (Å²) in [5.41, 5.74) is -2.07. The standard InChI is InChI=1S/C45H64Cl2F3N7O7/c1-6-32-41(62)54(3)22-11-8-16-34(55(4)40(61)27(2)51-38(59)35-17-13-23-57(35)43(64)44(45(48,49)50)20-9-7-10-21-44)37(58)53-33(24-28-14-12-15-28)42(63)56(5)36(39(60)52-32)26-29-25-30(46)18-19-31(29)47/h18-19,25,27-28,32-36H,6-17,20-24,26H2,1-5H3,(H,51,59)(H,52,60)(H,53,58)/t27-,32+,33-,34-,35-,36-/m0/s1. The molecule has 2 aliphatic heterocycles. The largest absolute Gasteiger partial charge is 0.403 e. The Bertz CT molecular complexity index is 1900. The summed E-state index contributed by atoms with van der Waals surface area (Å²) in [6.07, 6.45) is 0.0578. The molecule has 6 atom stereocenters. The molecule has 0 aromatic heterocycles. The molecule has 0 bridgehead atoms. The van der Waals surface area contributed by atoms with Crippen LogP contribution in [0.3, 0.4) is 0 Å². The lowest BCUT2D eigenvalue weighted by Gasteiger charge is -2.41. The Morgan fingerprint density at radius 3 is 2.17 bits per heavy atom. The van der Waals surface area contributed by atoms with Gasteiger partial charge in [-0.05, 0) is 94.4 Å². The first-order chi connectivity index (χ1) is 30.2. The Morgan fingerprint density at radius 1 is 0.875 bits per heavy atom. The van der Waals surface area contributed by atoms with Gasteiger partial charge in [0.25, 0.3) is 0 Å². The van der Waals surface area contributed by atoms with Gasteiger partial charge in [0, 0.05) is 50.7 Å². The third kappa shape index (κ3) is 11.6. The summed E-state index contributed by atoms with van der Waals surface area (Å²) >= 11 is 12.8. The lowest BCUT2D eigenvalue weighted by atomic mass is 9.72. The number of carbonyl (C=O) groups excluding carboxylic acids is 7. The smallest absolute Gasteiger partial charge is 0.344 e. The summed E-state index contributed by atoms with van der Waals surface area (Å²) < 4.78 is 43.6. The second-order valence-electron chi connectivity index (χ2n) is 18.2. The van der Waals surface area contributed by atoms with E-state index in [9.17, 15) is 46.7 Å². The van der Waals surface area contributed by atoms with Crippen molar-refractivity contribution in [2.75, 3.05) is 34.2 Å². The van der Waals surface area contributed by atoms with Gasteiger partial charge in [-0.2, -0.15) is 13.2 Å². The van der Waals surface area contributed by atoms with E-state index in [-0.39, 0.29) is 82.7 Å². The molecule has 19 heteroatoms. The lowest BCUT2D eigenvalue weighted by molar-refractivity contribution is -0.236. The van der Waals surface area contributed by atoms with E-state index in [1.54, 1.807) is 32.2 Å². The predicted molar refractivity (Wildman–Crippen MR) is 235 cm³/mol. The lowest BCUT2D eigenvalue weighted by Crippen LogP contribution is -2.60. The van der Waals surface area contributed by atoms with Gasteiger partial charge in [0.15, 0.2) is 0 Å². The van der Waals surface area contributed by atoms with Crippen LogP contribution in [0.25, 0.3) is 0 Å². The van der Waals surface area contributed by atoms with E-state index in [2.05, 4.69) is 16.0 Å². The number of carbonyl (C=O) groups is 7. The normalized spacial score (nSPS) is 26.2. The van der Waals surface area contributed by atoms with Crippen molar-refractivity contribution in [1.29, 1.82) is 0 Å². The Morgan fingerprint density at radius 2 is 1.55 bits per heavy atom. The number of nitrogens with one attached hydrogen (secondary N) is 3. The molecule has 64 heavy (non-hydrogen) atoms. The highest BCUT2D eigenvalue weighted by Crippen LogP contribution is 2.51. The van der Waals surface area contributed by atoms with Crippen molar-refractivity contribution >= 4 is 64.6 Å². The maximum atomic E-state index is 14.6. The van der Waals surface area contributed by atoms with Crippen LogP contribution in [0.4, 0.5) is 13.2 Å². The van der Waals surface area contributed by atoms with Crippen LogP contribution >= 0.6 is 23.2 Å². The molecular weight excluding hydrogens is 878 g/mol. The van der Waals surface area contributed by atoms with Crippen LogP contribution < -0.4 is 16.0 Å². The first-order valence-electron chi connectivity index (χ1n) is 22.7. The zero-order chi connectivity index (χ0) is 47.1. The number of nitrogens with zero attached hydrogens (tertiary/aromatic N) is 4. The fraction of sp³-hybridized carbons (Fsp3) is 0.711. The molecule has 356 valence electrons. The highest BCUT2D eigenvalue weighted by molar-refractivity contribution is 6.33. The molecule has 1 aromatic rings. The quantitative estimate of drug-likeness (QED) is 0.282. The highest BCUT2D eigenvalue weighted by atomic mass is 35.5. The first-order valence-corrected chi connectivity index (χ1v) is 23.5. The van der Waals surface area contributed by atoms with Gasteiger partial charge in [0.05, 0.1) is 0 Å². The van der Waals surface area contributed by atoms with Gasteiger partial charge in [-0.25, -0.2) is 0 Å². The van der Waals surface area contributed by atoms with Crippen LogP contribution in [-0.2, 0) is 40.0 Å². The molecule has 3 N–H and O–H groups in total. The van der Waals surface area contributed by atoms with Crippen molar-refractivity contribution in [2.24, 2.45) is 11.3 Å². The Kier molecular flexibility index (Phi) is 17.4. The fourth-order valence-electron chi connectivity index (χ4n) is 9.60. The molecule has 2 heterocycles. The van der Waals surface area contributed by atoms with Crippen molar-refractivity contribution in [3.63, 3.8) is 0 Å². The van der Waals surface area contributed by atoms with Gasteiger partial charge in [-0.15, -0.1) is 0 Å². The molecule has 1 aromatic carbocycles. The number of benzene rings is 1. The van der Waals surface area contributed by atoms with E-state index in [0.717, 1.165) is 24.2 Å². The van der Waals surface area contributed by atoms with Crippen molar-refractivity contribution < 1.29 is 46.7 Å². The van der Waals surface area contributed by atoms with Crippen LogP contribution in [0.2, 0.25) is 10.0 Å². The average Bonchev–Trinajstić information content (AvgIpc) is 3.74. The van der Waals surface area contributed by atoms with Gasteiger partial charge in [-0.1, -0.05) is 68.7 Å². The maximum absolute atomic E-state index is 14.6. The minimum Gasteiger partial charge on any atom is -0.344 e. The summed E-state index contributed by atoms with van der Waals surface area (Å²) in [6.45, 7) is 3.42. The van der Waals surface area contributed by atoms with E-state index in [1.807, 2.05) is 0 Å². The summed E-state index contributed by atoms with van der Waals surface area (Å²) in [5, 5.41) is 9.06. The number of alkyl halides is 3. The van der Waals surface area contributed by atoms with E-state index < -0.39 is 83.3 Å². The third-order valence-electron chi connectivity index (χ3n) is 13.9. The monoisotopic (exact) mass is 941 g/mol. The molecule has 0 radical (unpaired) electrons. The van der Waals surface area contributed by atoms with Crippen LogP contribution in [0.5, 0.6) is 0 Å². The van der Waals surface area contributed by atoms with Gasteiger partial charge >= 0.3 is 6.18 Å². The summed E-state index contributed by atoms with van der Waals surface area (Å²) in [6, 6.07) is -2.02. The van der Waals surface area contributed by atoms with Crippen molar-refractivity contribution in [1.82, 2.24) is 35.6 Å². The highest BCUT2D eigenvalue weighted by Gasteiger charge is 2.62. The van der Waals surface area contributed by atoms with E-state index in [4.69, 9.17) is 23.2 Å². The molecule has 2 saturated carbocycles. The molecule has 2 aliphatic carbocycles. The molecule has 0 spiro atoms. The molecule has 4 fully saturated rings.